The van der Waals surface area contributed by atoms with E-state index in [1.54, 1.807) is 6.07 Å². The highest BCUT2D eigenvalue weighted by Gasteiger charge is 2.33. The Morgan fingerprint density at radius 3 is 2.63 bits per heavy atom. The van der Waals surface area contributed by atoms with Gasteiger partial charge in [0.15, 0.2) is 0 Å². The number of hydrogen-bond donors (Lipinski definition) is 1. The van der Waals surface area contributed by atoms with Gasteiger partial charge in [-0.3, -0.25) is 0 Å². The molecule has 0 aliphatic carbocycles. The lowest BCUT2D eigenvalue weighted by Gasteiger charge is -2.15. The monoisotopic (exact) mass is 267 g/mol. The van der Waals surface area contributed by atoms with Crippen molar-refractivity contribution in [2.45, 2.75) is 32.0 Å². The minimum atomic E-state index is -4.55. The largest absolute Gasteiger partial charge is 0.433 e. The van der Waals surface area contributed by atoms with Crippen LogP contribution in [-0.4, -0.2) is 11.0 Å². The molecule has 0 aliphatic rings. The summed E-state index contributed by atoms with van der Waals surface area (Å²) in [5, 5.41) is 11.6. The van der Waals surface area contributed by atoms with Crippen LogP contribution in [-0.2, 0) is 6.18 Å². The Bertz CT molecular complexity index is 523. The van der Waals surface area contributed by atoms with Crippen LogP contribution >= 0.6 is 0 Å². The Kier molecular flexibility index (Phi) is 4.77. The van der Waals surface area contributed by atoms with E-state index < -0.39 is 17.9 Å². The van der Waals surface area contributed by atoms with Crippen molar-refractivity contribution in [3.8, 4) is 18.4 Å². The average molecular weight is 267 g/mol. The van der Waals surface area contributed by atoms with Crippen molar-refractivity contribution in [2.75, 3.05) is 5.32 Å². The van der Waals surface area contributed by atoms with Crippen LogP contribution in [0.5, 0.6) is 0 Å². The molecule has 0 bridgehead atoms. The number of aromatic nitrogens is 1. The van der Waals surface area contributed by atoms with E-state index >= 15 is 0 Å². The number of nitrogens with one attached hydrogen (secondary N) is 1. The highest BCUT2D eigenvalue weighted by Crippen LogP contribution is 2.29. The van der Waals surface area contributed by atoms with Gasteiger partial charge in [-0.2, -0.15) is 18.4 Å². The van der Waals surface area contributed by atoms with Crippen LogP contribution in [0.2, 0.25) is 0 Å². The maximum absolute atomic E-state index is 12.6. The molecule has 100 valence electrons. The molecular weight excluding hydrogens is 255 g/mol. The molecule has 0 saturated heterocycles. The number of nitrogens with zero attached hydrogens (tertiary/aromatic N) is 2. The zero-order chi connectivity index (χ0) is 14.5. The summed E-state index contributed by atoms with van der Waals surface area (Å²) in [5.74, 6) is 2.29. The molecule has 1 atom stereocenters. The van der Waals surface area contributed by atoms with Crippen molar-refractivity contribution in [3.63, 3.8) is 0 Å². The Morgan fingerprint density at radius 2 is 2.16 bits per heavy atom. The van der Waals surface area contributed by atoms with Crippen molar-refractivity contribution in [2.24, 2.45) is 0 Å². The molecule has 0 spiro atoms. The molecule has 1 N–H and O–H groups in total. The van der Waals surface area contributed by atoms with E-state index in [0.717, 1.165) is 18.6 Å². The van der Waals surface area contributed by atoms with Gasteiger partial charge in [0.25, 0.3) is 0 Å². The maximum atomic E-state index is 12.6. The SMILES string of the molecule is C#CC(CCC)Nc1nc(C(F)(F)F)ccc1C#N. The van der Waals surface area contributed by atoms with Gasteiger partial charge in [0.2, 0.25) is 0 Å². The molecule has 1 heterocycles. The van der Waals surface area contributed by atoms with Crippen LogP contribution in [0.1, 0.15) is 31.0 Å². The molecule has 0 radical (unpaired) electrons. The van der Waals surface area contributed by atoms with Gasteiger partial charge in [0, 0.05) is 0 Å². The molecule has 6 heteroatoms. The summed E-state index contributed by atoms with van der Waals surface area (Å²) in [6.07, 6.45) is 2.07. The van der Waals surface area contributed by atoms with Crippen LogP contribution < -0.4 is 5.32 Å². The second-order valence-corrected chi connectivity index (χ2v) is 3.85. The molecule has 0 aromatic carbocycles. The lowest BCUT2D eigenvalue weighted by molar-refractivity contribution is -0.141. The average Bonchev–Trinajstić information content (AvgIpc) is 2.37. The number of rotatable bonds is 4. The molecule has 1 rings (SSSR count). The fraction of sp³-hybridized carbons (Fsp3) is 0.385. The molecule has 3 nitrogen and oxygen atoms in total. The third kappa shape index (κ3) is 3.89. The van der Waals surface area contributed by atoms with Crippen LogP contribution in [0, 0.1) is 23.7 Å². The number of hydrogen-bond acceptors (Lipinski definition) is 3. The Balaban J connectivity index is 3.11. The van der Waals surface area contributed by atoms with E-state index in [2.05, 4.69) is 16.2 Å². The van der Waals surface area contributed by atoms with Gasteiger partial charge in [-0.25, -0.2) is 4.98 Å². The summed E-state index contributed by atoms with van der Waals surface area (Å²) in [5.41, 5.74) is -1.02. The van der Waals surface area contributed by atoms with Gasteiger partial charge in [0.05, 0.1) is 11.6 Å². The third-order valence-electron chi connectivity index (χ3n) is 2.40. The van der Waals surface area contributed by atoms with E-state index in [9.17, 15) is 13.2 Å². The van der Waals surface area contributed by atoms with Gasteiger partial charge in [0.1, 0.15) is 17.6 Å². The maximum Gasteiger partial charge on any atom is 0.433 e. The molecule has 1 unspecified atom stereocenters. The lowest BCUT2D eigenvalue weighted by Crippen LogP contribution is -2.20. The first-order valence-corrected chi connectivity index (χ1v) is 5.63. The summed E-state index contributed by atoms with van der Waals surface area (Å²) >= 11 is 0. The van der Waals surface area contributed by atoms with Crippen molar-refractivity contribution in [1.82, 2.24) is 4.98 Å². The van der Waals surface area contributed by atoms with Crippen LogP contribution in [0.15, 0.2) is 12.1 Å². The molecule has 0 aliphatic heterocycles. The Morgan fingerprint density at radius 1 is 1.47 bits per heavy atom. The minimum absolute atomic E-state index is 0.0318. The highest BCUT2D eigenvalue weighted by molar-refractivity contribution is 5.53. The van der Waals surface area contributed by atoms with Crippen LogP contribution in [0.25, 0.3) is 0 Å². The summed E-state index contributed by atoms with van der Waals surface area (Å²) < 4.78 is 37.7. The first-order valence-electron chi connectivity index (χ1n) is 5.63. The standard InChI is InChI=1S/C13H12F3N3/c1-3-5-10(4-2)18-12-9(8-17)6-7-11(19-12)13(14,15)16/h2,6-7,10H,3,5H2,1H3,(H,18,19). The van der Waals surface area contributed by atoms with Crippen molar-refractivity contribution >= 4 is 5.82 Å². The van der Waals surface area contributed by atoms with E-state index in [0.29, 0.717) is 6.42 Å². The number of halogens is 3. The number of alkyl halides is 3. The van der Waals surface area contributed by atoms with E-state index in [1.807, 2.05) is 6.92 Å². The number of pyridine rings is 1. The fourth-order valence-electron chi connectivity index (χ4n) is 1.47. The van der Waals surface area contributed by atoms with Crippen molar-refractivity contribution in [3.05, 3.63) is 23.4 Å². The molecule has 0 saturated carbocycles. The van der Waals surface area contributed by atoms with Gasteiger partial charge in [-0.15, -0.1) is 6.42 Å². The zero-order valence-electron chi connectivity index (χ0n) is 10.3. The minimum Gasteiger partial charge on any atom is -0.355 e. The molecule has 0 amide bonds. The summed E-state index contributed by atoms with van der Waals surface area (Å²) in [6.45, 7) is 1.90. The zero-order valence-corrected chi connectivity index (χ0v) is 10.3. The normalized spacial score (nSPS) is 12.3. The molecule has 19 heavy (non-hydrogen) atoms. The first kappa shape index (κ1) is 14.8. The summed E-state index contributed by atoms with van der Waals surface area (Å²) in [4.78, 5) is 3.43. The summed E-state index contributed by atoms with van der Waals surface area (Å²) in [6, 6.07) is 3.19. The predicted octanol–water partition coefficient (Wildman–Crippen LogP) is 3.19. The predicted molar refractivity (Wildman–Crippen MR) is 65.1 cm³/mol. The number of anilines is 1. The quantitative estimate of drug-likeness (QED) is 0.852. The van der Waals surface area contributed by atoms with Gasteiger partial charge < -0.3 is 5.32 Å². The highest BCUT2D eigenvalue weighted by atomic mass is 19.4. The molecular formula is C13H12F3N3. The lowest BCUT2D eigenvalue weighted by atomic mass is 10.1. The number of terminal acetylenes is 1. The Labute approximate surface area is 109 Å². The van der Waals surface area contributed by atoms with Gasteiger partial charge in [-0.1, -0.05) is 19.3 Å². The van der Waals surface area contributed by atoms with E-state index in [1.165, 1.54) is 0 Å². The van der Waals surface area contributed by atoms with Crippen molar-refractivity contribution in [1.29, 1.82) is 5.26 Å². The van der Waals surface area contributed by atoms with Gasteiger partial charge in [-0.05, 0) is 18.6 Å². The Hall–Kier alpha value is -2.21. The van der Waals surface area contributed by atoms with Crippen molar-refractivity contribution < 1.29 is 13.2 Å². The third-order valence-corrected chi connectivity index (χ3v) is 2.40. The smallest absolute Gasteiger partial charge is 0.355 e. The first-order chi connectivity index (χ1) is 8.92. The second-order valence-electron chi connectivity index (χ2n) is 3.85. The molecule has 1 aromatic heterocycles. The fourth-order valence-corrected chi connectivity index (χ4v) is 1.47. The summed E-state index contributed by atoms with van der Waals surface area (Å²) in [7, 11) is 0. The van der Waals surface area contributed by atoms with E-state index in [4.69, 9.17) is 11.7 Å². The second kappa shape index (κ2) is 6.10. The molecule has 1 aromatic rings. The number of nitriles is 1. The van der Waals surface area contributed by atoms with Gasteiger partial charge >= 0.3 is 6.18 Å². The molecule has 0 fully saturated rings. The van der Waals surface area contributed by atoms with Crippen LogP contribution in [0.3, 0.4) is 0 Å². The van der Waals surface area contributed by atoms with Crippen LogP contribution in [0.4, 0.5) is 19.0 Å². The topological polar surface area (TPSA) is 48.7 Å². The van der Waals surface area contributed by atoms with E-state index in [-0.39, 0.29) is 11.4 Å².